The Morgan fingerprint density at radius 3 is 2.93 bits per heavy atom. The highest BCUT2D eigenvalue weighted by Gasteiger charge is 2.17. The Morgan fingerprint density at radius 1 is 1.28 bits per heavy atom. The average molecular weight is 446 g/mol. The molecule has 0 saturated carbocycles. The molecule has 0 aliphatic rings. The summed E-state index contributed by atoms with van der Waals surface area (Å²) in [6.07, 6.45) is 1.89. The SMILES string of the molecule is NC(=O)CCn1c(SCc2ncc(-c3cccc(Cl)c3)o2)nnc1-c1cccs1. The molecule has 4 rings (SSSR count). The maximum atomic E-state index is 11.3. The third kappa shape index (κ3) is 4.69. The van der Waals surface area contributed by atoms with Crippen molar-refractivity contribution in [3.05, 3.63) is 58.9 Å². The van der Waals surface area contributed by atoms with E-state index >= 15 is 0 Å². The number of hydrogen-bond donors (Lipinski definition) is 1. The first-order valence-corrected chi connectivity index (χ1v) is 10.9. The molecule has 0 radical (unpaired) electrons. The van der Waals surface area contributed by atoms with Gasteiger partial charge in [0.05, 0.1) is 16.8 Å². The predicted molar refractivity (Wildman–Crippen MR) is 114 cm³/mol. The first-order valence-electron chi connectivity index (χ1n) is 8.69. The molecule has 29 heavy (non-hydrogen) atoms. The zero-order chi connectivity index (χ0) is 20.2. The van der Waals surface area contributed by atoms with Crippen LogP contribution >= 0.6 is 34.7 Å². The molecule has 0 atom stereocenters. The maximum Gasteiger partial charge on any atom is 0.219 e. The lowest BCUT2D eigenvalue weighted by molar-refractivity contribution is -0.118. The molecule has 0 fully saturated rings. The lowest BCUT2D eigenvalue weighted by atomic mass is 10.2. The zero-order valence-corrected chi connectivity index (χ0v) is 17.5. The van der Waals surface area contributed by atoms with Gasteiger partial charge in [-0.1, -0.05) is 41.6 Å². The van der Waals surface area contributed by atoms with Crippen molar-refractivity contribution < 1.29 is 9.21 Å². The molecule has 1 aromatic carbocycles. The third-order valence-electron chi connectivity index (χ3n) is 4.03. The van der Waals surface area contributed by atoms with Gasteiger partial charge in [0.1, 0.15) is 0 Å². The number of carbonyl (C=O) groups is 1. The molecule has 0 spiro atoms. The van der Waals surface area contributed by atoms with Crippen molar-refractivity contribution in [3.8, 4) is 22.0 Å². The van der Waals surface area contributed by atoms with Crippen molar-refractivity contribution in [2.75, 3.05) is 0 Å². The van der Waals surface area contributed by atoms with E-state index in [2.05, 4.69) is 15.2 Å². The van der Waals surface area contributed by atoms with E-state index < -0.39 is 0 Å². The summed E-state index contributed by atoms with van der Waals surface area (Å²) in [6.45, 7) is 0.414. The maximum absolute atomic E-state index is 11.3. The molecule has 3 heterocycles. The molecular weight excluding hydrogens is 430 g/mol. The van der Waals surface area contributed by atoms with Gasteiger partial charge in [-0.2, -0.15) is 0 Å². The highest BCUT2D eigenvalue weighted by molar-refractivity contribution is 7.98. The van der Waals surface area contributed by atoms with Crippen molar-refractivity contribution in [3.63, 3.8) is 0 Å². The number of carbonyl (C=O) groups excluding carboxylic acids is 1. The van der Waals surface area contributed by atoms with Crippen LogP contribution in [0.1, 0.15) is 12.3 Å². The molecular formula is C19H16ClN5O2S2. The number of oxazole rings is 1. The fourth-order valence-corrected chi connectivity index (χ4v) is 4.41. The highest BCUT2D eigenvalue weighted by Crippen LogP contribution is 2.30. The first kappa shape index (κ1) is 19.7. The van der Waals surface area contributed by atoms with E-state index in [0.29, 0.717) is 34.1 Å². The van der Waals surface area contributed by atoms with Crippen molar-refractivity contribution >= 4 is 40.6 Å². The molecule has 0 unspecified atom stereocenters. The van der Waals surface area contributed by atoms with Crippen LogP contribution < -0.4 is 5.73 Å². The van der Waals surface area contributed by atoms with Gasteiger partial charge in [-0.3, -0.25) is 4.79 Å². The molecule has 0 aliphatic heterocycles. The second kappa shape index (κ2) is 8.81. The number of primary amides is 1. The molecule has 2 N–H and O–H groups in total. The number of aromatic nitrogens is 4. The van der Waals surface area contributed by atoms with Crippen molar-refractivity contribution in [1.29, 1.82) is 0 Å². The van der Waals surface area contributed by atoms with Crippen molar-refractivity contribution in [1.82, 2.24) is 19.7 Å². The van der Waals surface area contributed by atoms with Crippen molar-refractivity contribution in [2.24, 2.45) is 5.73 Å². The second-order valence-electron chi connectivity index (χ2n) is 6.07. The van der Waals surface area contributed by atoms with Gasteiger partial charge in [0.2, 0.25) is 11.8 Å². The molecule has 0 bridgehead atoms. The number of thioether (sulfide) groups is 1. The summed E-state index contributed by atoms with van der Waals surface area (Å²) in [5.74, 6) is 2.03. The molecule has 0 aliphatic carbocycles. The lowest BCUT2D eigenvalue weighted by Gasteiger charge is -2.07. The van der Waals surface area contributed by atoms with Gasteiger partial charge in [-0.05, 0) is 23.6 Å². The van der Waals surface area contributed by atoms with E-state index in [1.54, 1.807) is 17.5 Å². The Kier molecular flexibility index (Phi) is 5.98. The number of halogens is 1. The van der Waals surface area contributed by atoms with Gasteiger partial charge in [0, 0.05) is 23.6 Å². The lowest BCUT2D eigenvalue weighted by Crippen LogP contribution is -2.14. The van der Waals surface area contributed by atoms with Crippen LogP contribution in [-0.4, -0.2) is 25.7 Å². The molecule has 3 aromatic heterocycles. The molecule has 4 aromatic rings. The van der Waals surface area contributed by atoms with Crippen LogP contribution in [-0.2, 0) is 17.1 Å². The summed E-state index contributed by atoms with van der Waals surface area (Å²) in [6, 6.07) is 11.3. The average Bonchev–Trinajstić information content (AvgIpc) is 3.44. The number of nitrogens with two attached hydrogens (primary N) is 1. The summed E-state index contributed by atoms with van der Waals surface area (Å²) >= 11 is 9.05. The van der Waals surface area contributed by atoms with Gasteiger partial charge in [0.15, 0.2) is 16.7 Å². The Bertz CT molecular complexity index is 1120. The molecule has 10 heteroatoms. The van der Waals surface area contributed by atoms with E-state index in [9.17, 15) is 4.79 Å². The minimum Gasteiger partial charge on any atom is -0.440 e. The molecule has 0 saturated heterocycles. The molecule has 7 nitrogen and oxygen atoms in total. The minimum absolute atomic E-state index is 0.210. The minimum atomic E-state index is -0.370. The Hall–Kier alpha value is -2.62. The van der Waals surface area contributed by atoms with Crippen LogP contribution in [0.4, 0.5) is 0 Å². The zero-order valence-electron chi connectivity index (χ0n) is 15.1. The number of benzene rings is 1. The summed E-state index contributed by atoms with van der Waals surface area (Å²) in [5, 5.41) is 11.9. The quantitative estimate of drug-likeness (QED) is 0.401. The fourth-order valence-electron chi connectivity index (χ4n) is 2.69. The van der Waals surface area contributed by atoms with Gasteiger partial charge in [-0.15, -0.1) is 21.5 Å². The fraction of sp³-hybridized carbons (Fsp3) is 0.158. The second-order valence-corrected chi connectivity index (χ2v) is 8.40. The first-order chi connectivity index (χ1) is 14.1. The highest BCUT2D eigenvalue weighted by atomic mass is 35.5. The number of hydrogen-bond acceptors (Lipinski definition) is 7. The Labute approximate surface area is 179 Å². The van der Waals surface area contributed by atoms with E-state index in [4.69, 9.17) is 21.8 Å². The van der Waals surface area contributed by atoms with Gasteiger partial charge in [-0.25, -0.2) is 4.98 Å². The standard InChI is InChI=1S/C19H16ClN5O2S2/c20-13-4-1-3-12(9-13)14-10-22-17(27-14)11-29-19-24-23-18(15-5-2-8-28-15)25(19)7-6-16(21)26/h1-5,8-10H,6-7,11H2,(H2,21,26). The summed E-state index contributed by atoms with van der Waals surface area (Å²) in [7, 11) is 0. The van der Waals surface area contributed by atoms with Crippen LogP contribution in [0.15, 0.2) is 57.5 Å². The van der Waals surface area contributed by atoms with Crippen LogP contribution in [0.2, 0.25) is 5.02 Å². The normalized spacial score (nSPS) is 11.1. The Balaban J connectivity index is 1.52. The molecule has 148 valence electrons. The van der Waals surface area contributed by atoms with E-state index in [0.717, 1.165) is 16.3 Å². The van der Waals surface area contributed by atoms with Crippen LogP contribution in [0.3, 0.4) is 0 Å². The monoisotopic (exact) mass is 445 g/mol. The van der Waals surface area contributed by atoms with Crippen LogP contribution in [0, 0.1) is 0 Å². The van der Waals surface area contributed by atoms with Gasteiger partial charge < -0.3 is 14.7 Å². The summed E-state index contributed by atoms with van der Waals surface area (Å²) < 4.78 is 7.75. The summed E-state index contributed by atoms with van der Waals surface area (Å²) in [5.41, 5.74) is 6.20. The number of rotatable bonds is 8. The van der Waals surface area contributed by atoms with E-state index in [1.165, 1.54) is 11.8 Å². The number of amides is 1. The van der Waals surface area contributed by atoms with Gasteiger partial charge >= 0.3 is 0 Å². The summed E-state index contributed by atoms with van der Waals surface area (Å²) in [4.78, 5) is 16.6. The van der Waals surface area contributed by atoms with E-state index in [-0.39, 0.29) is 12.3 Å². The number of thiophene rings is 1. The molecule has 1 amide bonds. The third-order valence-corrected chi connectivity index (χ3v) is 6.08. The number of nitrogens with zero attached hydrogens (tertiary/aromatic N) is 4. The Morgan fingerprint density at radius 2 is 2.17 bits per heavy atom. The topological polar surface area (TPSA) is 99.8 Å². The largest absolute Gasteiger partial charge is 0.440 e. The van der Waals surface area contributed by atoms with Crippen LogP contribution in [0.5, 0.6) is 0 Å². The van der Waals surface area contributed by atoms with E-state index in [1.807, 2.05) is 46.3 Å². The van der Waals surface area contributed by atoms with Crippen LogP contribution in [0.25, 0.3) is 22.0 Å². The van der Waals surface area contributed by atoms with Gasteiger partial charge in [0.25, 0.3) is 0 Å². The van der Waals surface area contributed by atoms with Crippen molar-refractivity contribution in [2.45, 2.75) is 23.9 Å². The smallest absolute Gasteiger partial charge is 0.219 e. The predicted octanol–water partition coefficient (Wildman–Crippen LogP) is 4.48.